The summed E-state index contributed by atoms with van der Waals surface area (Å²) < 4.78 is 14.7. The van der Waals surface area contributed by atoms with Gasteiger partial charge in [-0.05, 0) is 35.6 Å². The lowest BCUT2D eigenvalue weighted by Gasteiger charge is -2.08. The second-order valence-corrected chi connectivity index (χ2v) is 7.38. The largest absolute Gasteiger partial charge is 0.351 e. The first kappa shape index (κ1) is 17.6. The second-order valence-electron chi connectivity index (χ2n) is 5.55. The number of thioether (sulfide) groups is 1. The highest BCUT2D eigenvalue weighted by Crippen LogP contribution is 2.20. The van der Waals surface area contributed by atoms with Gasteiger partial charge in [-0.3, -0.25) is 14.2 Å². The molecule has 0 aliphatic rings. The minimum absolute atomic E-state index is 0.115. The van der Waals surface area contributed by atoms with Crippen LogP contribution in [0.3, 0.4) is 0 Å². The number of carbonyl (C=O) groups excluding carboxylic acids is 1. The number of rotatable bonds is 5. The van der Waals surface area contributed by atoms with Crippen LogP contribution in [0, 0.1) is 12.7 Å². The monoisotopic (exact) mass is 377 g/mol. The van der Waals surface area contributed by atoms with Gasteiger partial charge < -0.3 is 5.32 Å². The highest BCUT2D eigenvalue weighted by molar-refractivity contribution is 7.99. The molecule has 0 bridgehead atoms. The van der Waals surface area contributed by atoms with Gasteiger partial charge >= 0.3 is 0 Å². The van der Waals surface area contributed by atoms with Crippen molar-refractivity contribution < 1.29 is 9.18 Å². The zero-order valence-corrected chi connectivity index (χ0v) is 15.3. The number of aromatic nitrogens is 2. The first-order chi connectivity index (χ1) is 12.0. The molecule has 0 atom stereocenters. The summed E-state index contributed by atoms with van der Waals surface area (Å²) in [5, 5.41) is 5.71. The molecule has 25 heavy (non-hydrogen) atoms. The van der Waals surface area contributed by atoms with Crippen LogP contribution in [0.2, 0.25) is 0 Å². The lowest BCUT2D eigenvalue weighted by molar-refractivity contribution is -0.118. The van der Waals surface area contributed by atoms with Gasteiger partial charge in [0.1, 0.15) is 10.6 Å². The zero-order chi connectivity index (χ0) is 18.0. The predicted octanol–water partition coefficient (Wildman–Crippen LogP) is 2.85. The van der Waals surface area contributed by atoms with Crippen molar-refractivity contribution in [3.05, 3.63) is 56.9 Å². The standard InChI is InChI=1S/C17H16FN3O2S2/c1-10-7-11(3-4-13(10)18)8-19-14(22)9-25-17-20-15-12(5-6-24-15)16(23)21(17)2/h3-7H,8-9H2,1-2H3,(H,19,22). The Kier molecular flexibility index (Phi) is 5.19. The summed E-state index contributed by atoms with van der Waals surface area (Å²) in [4.78, 5) is 29.3. The number of amides is 1. The van der Waals surface area contributed by atoms with Crippen molar-refractivity contribution in [2.75, 3.05) is 5.75 Å². The third kappa shape index (κ3) is 3.91. The molecule has 0 saturated heterocycles. The molecule has 0 fully saturated rings. The van der Waals surface area contributed by atoms with Crippen LogP contribution in [-0.2, 0) is 18.4 Å². The van der Waals surface area contributed by atoms with Crippen molar-refractivity contribution in [3.8, 4) is 0 Å². The van der Waals surface area contributed by atoms with E-state index in [4.69, 9.17) is 0 Å². The van der Waals surface area contributed by atoms with E-state index in [0.717, 1.165) is 5.56 Å². The number of aryl methyl sites for hydroxylation is 1. The molecule has 3 rings (SSSR count). The molecule has 3 aromatic rings. The van der Waals surface area contributed by atoms with E-state index in [1.165, 1.54) is 33.7 Å². The van der Waals surface area contributed by atoms with Crippen molar-refractivity contribution in [2.24, 2.45) is 7.05 Å². The smallest absolute Gasteiger partial charge is 0.262 e. The molecular formula is C17H16FN3O2S2. The summed E-state index contributed by atoms with van der Waals surface area (Å²) in [5.74, 6) is -0.286. The topological polar surface area (TPSA) is 64.0 Å². The average molecular weight is 377 g/mol. The van der Waals surface area contributed by atoms with Gasteiger partial charge in [0.15, 0.2) is 5.16 Å². The summed E-state index contributed by atoms with van der Waals surface area (Å²) in [6, 6.07) is 6.49. The summed E-state index contributed by atoms with van der Waals surface area (Å²) in [6.45, 7) is 2.01. The van der Waals surface area contributed by atoms with Gasteiger partial charge in [0, 0.05) is 13.6 Å². The number of benzene rings is 1. The number of hydrogen-bond donors (Lipinski definition) is 1. The molecule has 2 heterocycles. The lowest BCUT2D eigenvalue weighted by atomic mass is 10.1. The van der Waals surface area contributed by atoms with Crippen molar-refractivity contribution in [1.82, 2.24) is 14.9 Å². The number of nitrogens with one attached hydrogen (secondary N) is 1. The number of carbonyl (C=O) groups is 1. The Morgan fingerprint density at radius 2 is 2.20 bits per heavy atom. The minimum atomic E-state index is -0.262. The normalized spacial score (nSPS) is 11.0. The van der Waals surface area contributed by atoms with Gasteiger partial charge in [0.2, 0.25) is 5.91 Å². The van der Waals surface area contributed by atoms with Crippen LogP contribution in [0.1, 0.15) is 11.1 Å². The molecule has 1 aromatic carbocycles. The molecule has 8 heteroatoms. The van der Waals surface area contributed by atoms with E-state index in [9.17, 15) is 14.0 Å². The van der Waals surface area contributed by atoms with Crippen molar-refractivity contribution in [2.45, 2.75) is 18.6 Å². The van der Waals surface area contributed by atoms with Crippen molar-refractivity contribution in [1.29, 1.82) is 0 Å². The molecule has 1 N–H and O–H groups in total. The summed E-state index contributed by atoms with van der Waals surface area (Å²) >= 11 is 2.61. The fourth-order valence-electron chi connectivity index (χ4n) is 2.31. The van der Waals surface area contributed by atoms with Gasteiger partial charge in [-0.15, -0.1) is 11.3 Å². The van der Waals surface area contributed by atoms with E-state index in [0.29, 0.717) is 27.5 Å². The van der Waals surface area contributed by atoms with Crippen LogP contribution in [0.15, 0.2) is 39.6 Å². The van der Waals surface area contributed by atoms with Crippen LogP contribution in [0.5, 0.6) is 0 Å². The molecule has 0 spiro atoms. The maximum atomic E-state index is 13.2. The van der Waals surface area contributed by atoms with Crippen LogP contribution < -0.4 is 10.9 Å². The highest BCUT2D eigenvalue weighted by atomic mass is 32.2. The van der Waals surface area contributed by atoms with Gasteiger partial charge in [-0.1, -0.05) is 23.9 Å². The van der Waals surface area contributed by atoms with Crippen LogP contribution in [-0.4, -0.2) is 21.2 Å². The maximum Gasteiger partial charge on any atom is 0.262 e. The molecule has 0 unspecified atom stereocenters. The van der Waals surface area contributed by atoms with Gasteiger partial charge in [-0.2, -0.15) is 0 Å². The first-order valence-electron chi connectivity index (χ1n) is 7.54. The predicted molar refractivity (Wildman–Crippen MR) is 98.6 cm³/mol. The van der Waals surface area contributed by atoms with Crippen molar-refractivity contribution >= 4 is 39.2 Å². The van der Waals surface area contributed by atoms with E-state index in [2.05, 4.69) is 10.3 Å². The third-order valence-electron chi connectivity index (χ3n) is 3.71. The highest BCUT2D eigenvalue weighted by Gasteiger charge is 2.11. The Balaban J connectivity index is 1.61. The average Bonchev–Trinajstić information content (AvgIpc) is 3.06. The number of thiophene rings is 1. The number of nitrogens with zero attached hydrogens (tertiary/aromatic N) is 2. The molecule has 0 radical (unpaired) electrons. The number of hydrogen-bond acceptors (Lipinski definition) is 5. The molecule has 5 nitrogen and oxygen atoms in total. The molecule has 0 saturated carbocycles. The Morgan fingerprint density at radius 3 is 2.96 bits per heavy atom. The van der Waals surface area contributed by atoms with Crippen LogP contribution in [0.4, 0.5) is 4.39 Å². The molecular weight excluding hydrogens is 361 g/mol. The van der Waals surface area contributed by atoms with E-state index in [-0.39, 0.29) is 23.0 Å². The maximum absolute atomic E-state index is 13.2. The minimum Gasteiger partial charge on any atom is -0.351 e. The number of fused-ring (bicyclic) bond motifs is 1. The fraction of sp³-hybridized carbons (Fsp3) is 0.235. The van der Waals surface area contributed by atoms with Gasteiger partial charge in [0.05, 0.1) is 11.1 Å². The van der Waals surface area contributed by atoms with Crippen LogP contribution >= 0.6 is 23.1 Å². The first-order valence-corrected chi connectivity index (χ1v) is 9.41. The quantitative estimate of drug-likeness (QED) is 0.549. The SMILES string of the molecule is Cc1cc(CNC(=O)CSc2nc3sccc3c(=O)n2C)ccc1F. The third-order valence-corrected chi connectivity index (χ3v) is 5.54. The molecule has 0 aliphatic carbocycles. The Labute approximate surface area is 151 Å². The Hall–Kier alpha value is -2.19. The summed E-state index contributed by atoms with van der Waals surface area (Å²) in [6.07, 6.45) is 0. The molecule has 130 valence electrons. The lowest BCUT2D eigenvalue weighted by Crippen LogP contribution is -2.25. The second kappa shape index (κ2) is 7.37. The fourth-order valence-corrected chi connectivity index (χ4v) is 3.91. The van der Waals surface area contributed by atoms with Gasteiger partial charge in [-0.25, -0.2) is 9.37 Å². The molecule has 0 aliphatic heterocycles. The number of halogens is 1. The van der Waals surface area contributed by atoms with Crippen molar-refractivity contribution in [3.63, 3.8) is 0 Å². The Morgan fingerprint density at radius 1 is 1.40 bits per heavy atom. The van der Waals surface area contributed by atoms with Crippen LogP contribution in [0.25, 0.3) is 10.2 Å². The van der Waals surface area contributed by atoms with Gasteiger partial charge in [0.25, 0.3) is 5.56 Å². The van der Waals surface area contributed by atoms with E-state index >= 15 is 0 Å². The molecule has 2 aromatic heterocycles. The summed E-state index contributed by atoms with van der Waals surface area (Å²) in [7, 11) is 1.65. The van der Waals surface area contributed by atoms with E-state index in [1.807, 2.05) is 5.38 Å². The molecule has 1 amide bonds. The van der Waals surface area contributed by atoms with E-state index in [1.54, 1.807) is 32.2 Å². The Bertz CT molecular complexity index is 997. The zero-order valence-electron chi connectivity index (χ0n) is 13.7. The van der Waals surface area contributed by atoms with E-state index < -0.39 is 0 Å². The summed E-state index contributed by atoms with van der Waals surface area (Å²) in [5.41, 5.74) is 1.27.